The Balaban J connectivity index is 2.55. The standard InChI is InChI=1S/C22H28NO5P/c1-4-27-29(25,28-5-2)20(16-17-21(24)26-3)23-22(18-12-8-6-9-13-18)19-14-10-7-11-15-19/h6-15,20H,4-5,16-17H2,1-3H3. The Hall–Kier alpha value is -2.27. The molecule has 0 fully saturated rings. The number of methoxy groups -OCH3 is 1. The van der Waals surface area contributed by atoms with Gasteiger partial charge < -0.3 is 13.8 Å². The molecule has 156 valence electrons. The first-order chi connectivity index (χ1) is 14.0. The molecule has 0 N–H and O–H groups in total. The maximum atomic E-state index is 13.5. The highest BCUT2D eigenvalue weighted by Crippen LogP contribution is 2.55. The maximum Gasteiger partial charge on any atom is 0.354 e. The molecular weight excluding hydrogens is 389 g/mol. The first kappa shape index (κ1) is 23.0. The zero-order valence-corrected chi connectivity index (χ0v) is 18.0. The van der Waals surface area contributed by atoms with Crippen molar-refractivity contribution in [1.82, 2.24) is 0 Å². The highest BCUT2D eigenvalue weighted by atomic mass is 31.2. The Kier molecular flexibility index (Phi) is 9.26. The summed E-state index contributed by atoms with van der Waals surface area (Å²) in [4.78, 5) is 16.6. The van der Waals surface area contributed by atoms with Crippen molar-refractivity contribution in [3.8, 4) is 0 Å². The summed E-state index contributed by atoms with van der Waals surface area (Å²) in [5.41, 5.74) is 2.42. The van der Waals surface area contributed by atoms with Gasteiger partial charge in [0.1, 0.15) is 0 Å². The highest BCUT2D eigenvalue weighted by Gasteiger charge is 2.36. The molecule has 0 amide bonds. The quantitative estimate of drug-likeness (QED) is 0.290. The molecule has 0 aliphatic heterocycles. The van der Waals surface area contributed by atoms with Crippen LogP contribution in [0.4, 0.5) is 0 Å². The average Bonchev–Trinajstić information content (AvgIpc) is 2.75. The highest BCUT2D eigenvalue weighted by molar-refractivity contribution is 7.54. The second-order valence-electron chi connectivity index (χ2n) is 6.18. The summed E-state index contributed by atoms with van der Waals surface area (Å²) in [6.45, 7) is 3.94. The summed E-state index contributed by atoms with van der Waals surface area (Å²) in [5.74, 6) is -1.23. The van der Waals surface area contributed by atoms with Gasteiger partial charge in [0.25, 0.3) is 0 Å². The van der Waals surface area contributed by atoms with Crippen LogP contribution in [0.5, 0.6) is 0 Å². The van der Waals surface area contributed by atoms with E-state index in [-0.39, 0.29) is 26.1 Å². The number of aliphatic imine (C=N–C) groups is 1. The Labute approximate surface area is 172 Å². The molecule has 2 rings (SSSR count). The van der Waals surface area contributed by atoms with Gasteiger partial charge in [-0.15, -0.1) is 0 Å². The molecule has 0 aliphatic rings. The van der Waals surface area contributed by atoms with E-state index < -0.39 is 19.3 Å². The van der Waals surface area contributed by atoms with Crippen LogP contribution in [0.25, 0.3) is 0 Å². The molecule has 0 radical (unpaired) electrons. The Bertz CT molecular complexity index is 787. The Morgan fingerprint density at radius 1 is 0.931 bits per heavy atom. The lowest BCUT2D eigenvalue weighted by Crippen LogP contribution is -2.17. The number of carbonyl (C=O) groups is 1. The van der Waals surface area contributed by atoms with E-state index >= 15 is 0 Å². The van der Waals surface area contributed by atoms with Crippen LogP contribution in [0.2, 0.25) is 0 Å². The van der Waals surface area contributed by atoms with E-state index in [9.17, 15) is 9.36 Å². The smallest absolute Gasteiger partial charge is 0.354 e. The van der Waals surface area contributed by atoms with Gasteiger partial charge in [-0.25, -0.2) is 0 Å². The summed E-state index contributed by atoms with van der Waals surface area (Å²) < 4.78 is 29.3. The van der Waals surface area contributed by atoms with Crippen LogP contribution in [0.3, 0.4) is 0 Å². The second-order valence-corrected chi connectivity index (χ2v) is 8.37. The average molecular weight is 417 g/mol. The molecular formula is C22H28NO5P. The number of benzene rings is 2. The number of hydrogen-bond acceptors (Lipinski definition) is 6. The monoisotopic (exact) mass is 417 g/mol. The van der Waals surface area contributed by atoms with Gasteiger partial charge in [0, 0.05) is 17.5 Å². The maximum absolute atomic E-state index is 13.5. The molecule has 0 saturated heterocycles. The van der Waals surface area contributed by atoms with E-state index in [1.165, 1.54) is 7.11 Å². The molecule has 1 unspecified atom stereocenters. The number of nitrogens with zero attached hydrogens (tertiary/aromatic N) is 1. The summed E-state index contributed by atoms with van der Waals surface area (Å²) in [6.07, 6.45) is 0.249. The van der Waals surface area contributed by atoms with Gasteiger partial charge in [-0.2, -0.15) is 0 Å². The Morgan fingerprint density at radius 3 is 1.83 bits per heavy atom. The van der Waals surface area contributed by atoms with Crippen LogP contribution < -0.4 is 0 Å². The molecule has 1 atom stereocenters. The van der Waals surface area contributed by atoms with Crippen molar-refractivity contribution in [1.29, 1.82) is 0 Å². The predicted octanol–water partition coefficient (Wildman–Crippen LogP) is 5.07. The summed E-state index contributed by atoms with van der Waals surface area (Å²) in [5, 5.41) is 0. The fraction of sp³-hybridized carbons (Fsp3) is 0.364. The van der Waals surface area contributed by atoms with Gasteiger partial charge >= 0.3 is 13.6 Å². The van der Waals surface area contributed by atoms with Crippen molar-refractivity contribution in [2.24, 2.45) is 4.99 Å². The molecule has 0 bridgehead atoms. The van der Waals surface area contributed by atoms with Gasteiger partial charge in [-0.3, -0.25) is 14.4 Å². The SMILES string of the molecule is CCOP(=O)(OCC)C(CCC(=O)OC)N=C(c1ccccc1)c1ccccc1. The first-order valence-corrected chi connectivity index (χ1v) is 11.3. The topological polar surface area (TPSA) is 74.2 Å². The number of carbonyl (C=O) groups excluding carboxylic acids is 1. The van der Waals surface area contributed by atoms with Gasteiger partial charge in [0.2, 0.25) is 0 Å². The van der Waals surface area contributed by atoms with Crippen molar-refractivity contribution in [3.63, 3.8) is 0 Å². The molecule has 29 heavy (non-hydrogen) atoms. The summed E-state index contributed by atoms with van der Waals surface area (Å²) in [7, 11) is -2.26. The van der Waals surface area contributed by atoms with E-state index in [1.807, 2.05) is 60.7 Å². The van der Waals surface area contributed by atoms with Crippen LogP contribution in [-0.4, -0.2) is 37.8 Å². The van der Waals surface area contributed by atoms with Gasteiger partial charge in [-0.1, -0.05) is 60.7 Å². The van der Waals surface area contributed by atoms with Crippen molar-refractivity contribution in [3.05, 3.63) is 71.8 Å². The van der Waals surface area contributed by atoms with E-state index in [2.05, 4.69) is 0 Å². The third-order valence-corrected chi connectivity index (χ3v) is 6.53. The fourth-order valence-corrected chi connectivity index (χ4v) is 4.71. The zero-order valence-electron chi connectivity index (χ0n) is 17.1. The third-order valence-electron chi connectivity index (χ3n) is 4.19. The zero-order chi connectivity index (χ0) is 21.1. The largest absolute Gasteiger partial charge is 0.469 e. The normalized spacial score (nSPS) is 12.2. The molecule has 0 saturated carbocycles. The van der Waals surface area contributed by atoms with E-state index in [0.29, 0.717) is 5.71 Å². The summed E-state index contributed by atoms with van der Waals surface area (Å²) >= 11 is 0. The molecule has 7 heteroatoms. The van der Waals surface area contributed by atoms with E-state index in [1.54, 1.807) is 13.8 Å². The Morgan fingerprint density at radius 2 is 1.41 bits per heavy atom. The lowest BCUT2D eigenvalue weighted by Gasteiger charge is -2.24. The van der Waals surface area contributed by atoms with Crippen molar-refractivity contribution in [2.45, 2.75) is 32.5 Å². The van der Waals surface area contributed by atoms with Crippen LogP contribution in [0, 0.1) is 0 Å². The van der Waals surface area contributed by atoms with Crippen LogP contribution in [0.1, 0.15) is 37.8 Å². The predicted molar refractivity (Wildman–Crippen MR) is 114 cm³/mol. The molecule has 0 aromatic heterocycles. The minimum Gasteiger partial charge on any atom is -0.469 e. The minimum absolute atomic E-state index is 0.0612. The van der Waals surface area contributed by atoms with E-state index in [0.717, 1.165) is 11.1 Å². The molecule has 0 spiro atoms. The molecule has 0 aliphatic carbocycles. The summed E-state index contributed by atoms with van der Waals surface area (Å²) in [6, 6.07) is 19.3. The van der Waals surface area contributed by atoms with Gasteiger partial charge in [0.15, 0.2) is 5.78 Å². The van der Waals surface area contributed by atoms with Crippen molar-refractivity contribution >= 4 is 19.3 Å². The van der Waals surface area contributed by atoms with Crippen LogP contribution in [-0.2, 0) is 23.1 Å². The van der Waals surface area contributed by atoms with Crippen LogP contribution in [0.15, 0.2) is 65.7 Å². The van der Waals surface area contributed by atoms with Gasteiger partial charge in [0.05, 0.1) is 26.0 Å². The molecule has 2 aromatic rings. The molecule has 2 aromatic carbocycles. The second kappa shape index (κ2) is 11.7. The number of rotatable bonds is 11. The van der Waals surface area contributed by atoms with Crippen molar-refractivity contribution < 1.29 is 23.1 Å². The van der Waals surface area contributed by atoms with Gasteiger partial charge in [-0.05, 0) is 20.3 Å². The third kappa shape index (κ3) is 6.64. The number of esters is 1. The minimum atomic E-state index is -3.59. The fourth-order valence-electron chi connectivity index (χ4n) is 2.87. The van der Waals surface area contributed by atoms with Crippen molar-refractivity contribution in [2.75, 3.05) is 20.3 Å². The van der Waals surface area contributed by atoms with Crippen LogP contribution >= 0.6 is 7.60 Å². The lowest BCUT2D eigenvalue weighted by molar-refractivity contribution is -0.140. The molecule has 0 heterocycles. The molecule has 6 nitrogen and oxygen atoms in total. The first-order valence-electron chi connectivity index (χ1n) is 9.68. The van der Waals surface area contributed by atoms with E-state index in [4.69, 9.17) is 18.8 Å². The number of hydrogen-bond donors (Lipinski definition) is 0. The lowest BCUT2D eigenvalue weighted by atomic mass is 10.0. The number of ether oxygens (including phenoxy) is 1.